The van der Waals surface area contributed by atoms with Gasteiger partial charge in [0.2, 0.25) is 0 Å². The molecule has 0 aliphatic heterocycles. The van der Waals surface area contributed by atoms with Gasteiger partial charge in [-0.3, -0.25) is 0 Å². The highest BCUT2D eigenvalue weighted by Crippen LogP contribution is 2.28. The molecule has 1 aromatic heterocycles. The number of hydrogen-bond donors (Lipinski definition) is 1. The normalized spacial score (nSPS) is 12.3. The number of benzene rings is 2. The lowest BCUT2D eigenvalue weighted by molar-refractivity contribution is 0.622. The summed E-state index contributed by atoms with van der Waals surface area (Å²) >= 11 is 6.00. The van der Waals surface area contributed by atoms with Gasteiger partial charge in [0.25, 0.3) is 0 Å². The topological polar surface area (TPSA) is 56.7 Å². The lowest BCUT2D eigenvalue weighted by atomic mass is 10.0. The molecule has 0 saturated heterocycles. The summed E-state index contributed by atoms with van der Waals surface area (Å²) in [6.07, 6.45) is 1.55. The number of aromatic nitrogens is 3. The molecule has 0 aliphatic carbocycles. The molecule has 0 fully saturated rings. The van der Waals surface area contributed by atoms with Crippen molar-refractivity contribution < 1.29 is 4.39 Å². The summed E-state index contributed by atoms with van der Waals surface area (Å²) < 4.78 is 15.2. The van der Waals surface area contributed by atoms with E-state index >= 15 is 0 Å². The molecule has 0 amide bonds. The van der Waals surface area contributed by atoms with E-state index in [0.29, 0.717) is 11.3 Å². The Kier molecular flexibility index (Phi) is 3.68. The Morgan fingerprint density at radius 2 is 1.86 bits per heavy atom. The lowest BCUT2D eigenvalue weighted by Gasteiger charge is -2.15. The number of hydrogen-bond acceptors (Lipinski definition) is 3. The van der Waals surface area contributed by atoms with Crippen LogP contribution in [0.1, 0.15) is 17.3 Å². The van der Waals surface area contributed by atoms with Gasteiger partial charge < -0.3 is 5.73 Å². The number of halogens is 2. The number of rotatable bonds is 3. The van der Waals surface area contributed by atoms with Crippen LogP contribution in [0.4, 0.5) is 4.39 Å². The largest absolute Gasteiger partial charge is 0.319 e. The van der Waals surface area contributed by atoms with Crippen LogP contribution in [0.5, 0.6) is 0 Å². The molecule has 1 atom stereocenters. The first-order valence-electron chi connectivity index (χ1n) is 6.34. The van der Waals surface area contributed by atoms with Crippen molar-refractivity contribution in [1.29, 1.82) is 0 Å². The van der Waals surface area contributed by atoms with Gasteiger partial charge in [0, 0.05) is 0 Å². The first kappa shape index (κ1) is 13.7. The Hall–Kier alpha value is -2.24. The average molecular weight is 303 g/mol. The number of para-hydroxylation sites is 1. The van der Waals surface area contributed by atoms with Gasteiger partial charge in [-0.1, -0.05) is 47.1 Å². The molecule has 0 radical (unpaired) electrons. The monoisotopic (exact) mass is 302 g/mol. The summed E-state index contributed by atoms with van der Waals surface area (Å²) in [6, 6.07) is 13.4. The predicted octanol–water partition coefficient (Wildman–Crippen LogP) is 3.11. The first-order chi connectivity index (χ1) is 10.2. The van der Waals surface area contributed by atoms with E-state index in [1.54, 1.807) is 23.0 Å². The minimum Gasteiger partial charge on any atom is -0.319 e. The van der Waals surface area contributed by atoms with Crippen LogP contribution in [-0.2, 0) is 0 Å². The summed E-state index contributed by atoms with van der Waals surface area (Å²) in [5.41, 5.74) is 8.17. The quantitative estimate of drug-likeness (QED) is 0.809. The van der Waals surface area contributed by atoms with Crippen molar-refractivity contribution in [3.63, 3.8) is 0 Å². The third-order valence-corrected chi connectivity index (χ3v) is 3.61. The van der Waals surface area contributed by atoms with E-state index in [1.807, 2.05) is 30.3 Å². The standard InChI is InChI=1S/C15H12ClFN4/c16-14-11(7-4-8-12(14)17)15(18)13-9-19-20-21(13)10-5-2-1-3-6-10/h1-9,15H,18H2. The molecule has 2 N–H and O–H groups in total. The highest BCUT2D eigenvalue weighted by atomic mass is 35.5. The lowest BCUT2D eigenvalue weighted by Crippen LogP contribution is -2.17. The average Bonchev–Trinajstić information content (AvgIpc) is 3.00. The number of nitrogens with zero attached hydrogens (tertiary/aromatic N) is 3. The van der Waals surface area contributed by atoms with Crippen molar-refractivity contribution in [3.05, 3.63) is 76.8 Å². The van der Waals surface area contributed by atoms with E-state index in [-0.39, 0.29) is 5.02 Å². The van der Waals surface area contributed by atoms with Gasteiger partial charge in [-0.15, -0.1) is 5.10 Å². The molecule has 1 unspecified atom stereocenters. The first-order valence-corrected chi connectivity index (χ1v) is 6.72. The summed E-state index contributed by atoms with van der Waals surface area (Å²) in [5.74, 6) is -0.497. The van der Waals surface area contributed by atoms with Gasteiger partial charge in [0.15, 0.2) is 0 Å². The smallest absolute Gasteiger partial charge is 0.142 e. The van der Waals surface area contributed by atoms with Gasteiger partial charge in [-0.25, -0.2) is 9.07 Å². The van der Waals surface area contributed by atoms with E-state index in [9.17, 15) is 4.39 Å². The van der Waals surface area contributed by atoms with Crippen molar-refractivity contribution in [2.45, 2.75) is 6.04 Å². The molecular formula is C15H12ClFN4. The second-order valence-electron chi connectivity index (χ2n) is 4.53. The van der Waals surface area contributed by atoms with Crippen LogP contribution >= 0.6 is 11.6 Å². The molecule has 0 bridgehead atoms. The molecule has 1 heterocycles. The molecule has 3 rings (SSSR count). The molecule has 4 nitrogen and oxygen atoms in total. The van der Waals surface area contributed by atoms with Crippen LogP contribution < -0.4 is 5.73 Å². The fraction of sp³-hybridized carbons (Fsp3) is 0.0667. The molecule has 2 aromatic carbocycles. The van der Waals surface area contributed by atoms with E-state index < -0.39 is 11.9 Å². The molecular weight excluding hydrogens is 291 g/mol. The minimum absolute atomic E-state index is 0.0193. The molecule has 3 aromatic rings. The summed E-state index contributed by atoms with van der Waals surface area (Å²) in [6.45, 7) is 0. The molecule has 106 valence electrons. The van der Waals surface area contributed by atoms with Crippen LogP contribution in [0.3, 0.4) is 0 Å². The van der Waals surface area contributed by atoms with Crippen LogP contribution in [0.2, 0.25) is 5.02 Å². The Balaban J connectivity index is 2.06. The summed E-state index contributed by atoms with van der Waals surface area (Å²) in [5, 5.41) is 7.95. The molecule has 21 heavy (non-hydrogen) atoms. The van der Waals surface area contributed by atoms with Crippen LogP contribution in [0.15, 0.2) is 54.7 Å². The second-order valence-corrected chi connectivity index (χ2v) is 4.90. The van der Waals surface area contributed by atoms with Gasteiger partial charge >= 0.3 is 0 Å². The van der Waals surface area contributed by atoms with E-state index in [4.69, 9.17) is 17.3 Å². The minimum atomic E-state index is -0.622. The van der Waals surface area contributed by atoms with Crippen molar-refractivity contribution in [1.82, 2.24) is 15.0 Å². The SMILES string of the molecule is NC(c1cccc(F)c1Cl)c1cnnn1-c1ccccc1. The maximum atomic E-state index is 13.6. The summed E-state index contributed by atoms with van der Waals surface area (Å²) in [4.78, 5) is 0. The Morgan fingerprint density at radius 1 is 1.10 bits per heavy atom. The highest BCUT2D eigenvalue weighted by molar-refractivity contribution is 6.31. The van der Waals surface area contributed by atoms with Crippen LogP contribution in [-0.4, -0.2) is 15.0 Å². The van der Waals surface area contributed by atoms with Gasteiger partial charge in [-0.2, -0.15) is 0 Å². The van der Waals surface area contributed by atoms with Crippen LogP contribution in [0.25, 0.3) is 5.69 Å². The number of nitrogens with two attached hydrogens (primary N) is 1. The van der Waals surface area contributed by atoms with E-state index in [1.165, 1.54) is 6.07 Å². The molecule has 0 spiro atoms. The predicted molar refractivity (Wildman–Crippen MR) is 78.8 cm³/mol. The van der Waals surface area contributed by atoms with Crippen molar-refractivity contribution in [2.75, 3.05) is 0 Å². The van der Waals surface area contributed by atoms with Gasteiger partial charge in [-0.05, 0) is 23.8 Å². The van der Waals surface area contributed by atoms with Gasteiger partial charge in [0.1, 0.15) is 5.82 Å². The van der Waals surface area contributed by atoms with E-state index in [0.717, 1.165) is 5.69 Å². The van der Waals surface area contributed by atoms with Crippen molar-refractivity contribution in [3.8, 4) is 5.69 Å². The Labute approximate surface area is 126 Å². The third kappa shape index (κ3) is 2.53. The van der Waals surface area contributed by atoms with Crippen LogP contribution in [0, 0.1) is 5.82 Å². The molecule has 0 aliphatic rings. The van der Waals surface area contributed by atoms with Gasteiger partial charge in [0.05, 0.1) is 28.6 Å². The summed E-state index contributed by atoms with van der Waals surface area (Å²) in [7, 11) is 0. The zero-order valence-corrected chi connectivity index (χ0v) is 11.7. The fourth-order valence-corrected chi connectivity index (χ4v) is 2.39. The Morgan fingerprint density at radius 3 is 2.62 bits per heavy atom. The second kappa shape index (κ2) is 5.63. The highest BCUT2D eigenvalue weighted by Gasteiger charge is 2.19. The molecule has 6 heteroatoms. The van der Waals surface area contributed by atoms with E-state index in [2.05, 4.69) is 10.3 Å². The maximum Gasteiger partial charge on any atom is 0.142 e. The maximum absolute atomic E-state index is 13.6. The molecule has 0 saturated carbocycles. The third-order valence-electron chi connectivity index (χ3n) is 3.21. The van der Waals surface area contributed by atoms with Crippen molar-refractivity contribution in [2.24, 2.45) is 5.73 Å². The Bertz CT molecular complexity index is 757. The zero-order chi connectivity index (χ0) is 14.8. The zero-order valence-electron chi connectivity index (χ0n) is 10.9. The fourth-order valence-electron chi connectivity index (χ4n) is 2.14. The van der Waals surface area contributed by atoms with Crippen molar-refractivity contribution >= 4 is 11.6 Å².